The molecular formula is C23H25NO4. The molecule has 2 N–H and O–H groups in total. The summed E-state index contributed by atoms with van der Waals surface area (Å²) in [5.74, 6) is -1.05. The van der Waals surface area contributed by atoms with Crippen LogP contribution < -0.4 is 5.32 Å². The monoisotopic (exact) mass is 379 g/mol. The van der Waals surface area contributed by atoms with Crippen molar-refractivity contribution in [3.63, 3.8) is 0 Å². The minimum absolute atomic E-state index is 0.000328. The van der Waals surface area contributed by atoms with Crippen LogP contribution in [0.1, 0.15) is 49.7 Å². The number of hydrogen-bond acceptors (Lipinski definition) is 3. The maximum atomic E-state index is 12.3. The SMILES string of the molecule is CC1(CC(NC(=O)OCC2c3ccccc3-c3ccccc32)C(=O)O)CCC1. The standard InChI is InChI=1S/C23H25NO4/c1-23(11-6-12-23)13-20(21(25)26)24-22(27)28-14-19-17-9-4-2-7-15(17)16-8-3-5-10-18(16)19/h2-5,7-10,19-20H,6,11-14H2,1H3,(H,24,27)(H,25,26). The van der Waals surface area contributed by atoms with E-state index >= 15 is 0 Å². The van der Waals surface area contributed by atoms with Crippen molar-refractivity contribution in [2.75, 3.05) is 6.61 Å². The molecule has 1 amide bonds. The van der Waals surface area contributed by atoms with Gasteiger partial charge in [-0.05, 0) is 46.9 Å². The van der Waals surface area contributed by atoms with Gasteiger partial charge in [0.1, 0.15) is 12.6 Å². The fourth-order valence-electron chi connectivity index (χ4n) is 4.46. The van der Waals surface area contributed by atoms with Gasteiger partial charge in [0.15, 0.2) is 0 Å². The third kappa shape index (κ3) is 3.49. The number of carboxylic acid groups (broad SMARTS) is 1. The number of ether oxygens (including phenoxy) is 1. The first kappa shape index (κ1) is 18.5. The van der Waals surface area contributed by atoms with Gasteiger partial charge < -0.3 is 15.2 Å². The van der Waals surface area contributed by atoms with E-state index in [0.717, 1.165) is 41.5 Å². The molecule has 0 heterocycles. The average molecular weight is 379 g/mol. The van der Waals surface area contributed by atoms with E-state index in [0.29, 0.717) is 6.42 Å². The number of amides is 1. The maximum Gasteiger partial charge on any atom is 0.407 e. The molecule has 0 bridgehead atoms. The number of alkyl carbamates (subject to hydrolysis) is 1. The summed E-state index contributed by atoms with van der Waals surface area (Å²) in [4.78, 5) is 23.9. The van der Waals surface area contributed by atoms with Gasteiger partial charge in [0, 0.05) is 5.92 Å². The van der Waals surface area contributed by atoms with E-state index in [-0.39, 0.29) is 17.9 Å². The molecule has 0 saturated heterocycles. The lowest BCUT2D eigenvalue weighted by Crippen LogP contribution is -2.45. The van der Waals surface area contributed by atoms with Gasteiger partial charge in [-0.3, -0.25) is 0 Å². The van der Waals surface area contributed by atoms with Crippen molar-refractivity contribution >= 4 is 12.1 Å². The smallest absolute Gasteiger partial charge is 0.407 e. The first-order chi connectivity index (χ1) is 13.5. The molecule has 0 spiro atoms. The number of carboxylic acids is 1. The van der Waals surface area contributed by atoms with Gasteiger partial charge in [0.05, 0.1) is 0 Å². The maximum absolute atomic E-state index is 12.3. The summed E-state index contributed by atoms with van der Waals surface area (Å²) in [6.07, 6.45) is 2.89. The van der Waals surface area contributed by atoms with Crippen LogP contribution >= 0.6 is 0 Å². The number of rotatable bonds is 6. The summed E-state index contributed by atoms with van der Waals surface area (Å²) in [6.45, 7) is 2.26. The average Bonchev–Trinajstić information content (AvgIpc) is 2.98. The Balaban J connectivity index is 1.42. The lowest BCUT2D eigenvalue weighted by atomic mass is 9.67. The lowest BCUT2D eigenvalue weighted by molar-refractivity contribution is -0.140. The van der Waals surface area contributed by atoms with Crippen LogP contribution in [-0.4, -0.2) is 29.8 Å². The van der Waals surface area contributed by atoms with E-state index in [1.54, 1.807) is 0 Å². The van der Waals surface area contributed by atoms with Crippen LogP contribution in [0.3, 0.4) is 0 Å². The molecule has 28 heavy (non-hydrogen) atoms. The van der Waals surface area contributed by atoms with Crippen molar-refractivity contribution in [2.24, 2.45) is 5.41 Å². The van der Waals surface area contributed by atoms with Crippen LogP contribution in [0.2, 0.25) is 0 Å². The molecule has 1 saturated carbocycles. The van der Waals surface area contributed by atoms with Crippen LogP contribution in [-0.2, 0) is 9.53 Å². The first-order valence-corrected chi connectivity index (χ1v) is 9.81. The highest BCUT2D eigenvalue weighted by atomic mass is 16.5. The molecule has 1 atom stereocenters. The number of benzene rings is 2. The van der Waals surface area contributed by atoms with Gasteiger partial charge in [0.2, 0.25) is 0 Å². The zero-order chi connectivity index (χ0) is 19.7. The fourth-order valence-corrected chi connectivity index (χ4v) is 4.46. The zero-order valence-electron chi connectivity index (χ0n) is 16.0. The van der Waals surface area contributed by atoms with Crippen molar-refractivity contribution in [1.82, 2.24) is 5.32 Å². The van der Waals surface area contributed by atoms with E-state index in [1.807, 2.05) is 24.3 Å². The molecule has 5 heteroatoms. The Labute approximate surface area is 164 Å². The van der Waals surface area contributed by atoms with Crippen molar-refractivity contribution in [1.29, 1.82) is 0 Å². The third-order valence-electron chi connectivity index (χ3n) is 6.19. The van der Waals surface area contributed by atoms with Crippen LogP contribution in [0.25, 0.3) is 11.1 Å². The lowest BCUT2D eigenvalue weighted by Gasteiger charge is -2.40. The molecule has 146 valence electrons. The summed E-state index contributed by atoms with van der Waals surface area (Å²) in [6, 6.07) is 15.3. The molecule has 2 aromatic carbocycles. The van der Waals surface area contributed by atoms with Crippen molar-refractivity contribution < 1.29 is 19.4 Å². The number of aliphatic carboxylic acids is 1. The van der Waals surface area contributed by atoms with Gasteiger partial charge in [-0.15, -0.1) is 0 Å². The largest absolute Gasteiger partial charge is 0.480 e. The van der Waals surface area contributed by atoms with Crippen LogP contribution in [0.15, 0.2) is 48.5 Å². The topological polar surface area (TPSA) is 75.6 Å². The molecule has 1 fully saturated rings. The number of carbonyl (C=O) groups is 2. The molecule has 2 aromatic rings. The first-order valence-electron chi connectivity index (χ1n) is 9.81. The minimum Gasteiger partial charge on any atom is -0.480 e. The molecule has 1 unspecified atom stereocenters. The van der Waals surface area contributed by atoms with Gasteiger partial charge in [0.25, 0.3) is 0 Å². The molecule has 0 aliphatic heterocycles. The second-order valence-electron chi connectivity index (χ2n) is 8.23. The molecule has 5 nitrogen and oxygen atoms in total. The Morgan fingerprint density at radius 3 is 2.18 bits per heavy atom. The second-order valence-corrected chi connectivity index (χ2v) is 8.23. The van der Waals surface area contributed by atoms with Crippen LogP contribution in [0.4, 0.5) is 4.79 Å². The third-order valence-corrected chi connectivity index (χ3v) is 6.19. The number of carbonyl (C=O) groups excluding carboxylic acids is 1. The van der Waals surface area contributed by atoms with E-state index in [4.69, 9.17) is 4.74 Å². The van der Waals surface area contributed by atoms with Crippen LogP contribution in [0.5, 0.6) is 0 Å². The molecule has 0 radical (unpaired) electrons. The van der Waals surface area contributed by atoms with Gasteiger partial charge >= 0.3 is 12.1 Å². The summed E-state index contributed by atoms with van der Waals surface area (Å²) in [7, 11) is 0. The molecule has 2 aliphatic rings. The molecular weight excluding hydrogens is 354 g/mol. The summed E-state index contributed by atoms with van der Waals surface area (Å²) >= 11 is 0. The Morgan fingerprint density at radius 1 is 1.11 bits per heavy atom. The van der Waals surface area contributed by atoms with Gasteiger partial charge in [-0.2, -0.15) is 0 Å². The Morgan fingerprint density at radius 2 is 1.68 bits per heavy atom. The number of nitrogens with one attached hydrogen (secondary N) is 1. The van der Waals surface area contributed by atoms with Crippen LogP contribution in [0, 0.1) is 5.41 Å². The van der Waals surface area contributed by atoms with Gasteiger partial charge in [-0.1, -0.05) is 61.9 Å². The Bertz CT molecular complexity index is 857. The highest BCUT2D eigenvalue weighted by molar-refractivity contribution is 5.81. The second kappa shape index (κ2) is 7.30. The van der Waals surface area contributed by atoms with E-state index in [1.165, 1.54) is 0 Å². The molecule has 0 aromatic heterocycles. The number of fused-ring (bicyclic) bond motifs is 3. The minimum atomic E-state index is -1.01. The molecule has 2 aliphatic carbocycles. The van der Waals surface area contributed by atoms with Crippen molar-refractivity contribution in [2.45, 2.75) is 44.6 Å². The highest BCUT2D eigenvalue weighted by Crippen LogP contribution is 2.45. The predicted molar refractivity (Wildman–Crippen MR) is 106 cm³/mol. The molecule has 4 rings (SSSR count). The summed E-state index contributed by atoms with van der Waals surface area (Å²) in [5.41, 5.74) is 4.59. The quantitative estimate of drug-likeness (QED) is 0.771. The van der Waals surface area contributed by atoms with Gasteiger partial charge in [-0.25, -0.2) is 9.59 Å². The highest BCUT2D eigenvalue weighted by Gasteiger charge is 2.37. The Hall–Kier alpha value is -2.82. The summed E-state index contributed by atoms with van der Waals surface area (Å²) in [5, 5.41) is 12.0. The normalized spacial score (nSPS) is 17.8. The van der Waals surface area contributed by atoms with E-state index in [9.17, 15) is 14.7 Å². The Kier molecular flexibility index (Phi) is 4.84. The van der Waals surface area contributed by atoms with E-state index < -0.39 is 18.1 Å². The van der Waals surface area contributed by atoms with Crippen molar-refractivity contribution in [3.05, 3.63) is 59.7 Å². The predicted octanol–water partition coefficient (Wildman–Crippen LogP) is 4.56. The number of hydrogen-bond donors (Lipinski definition) is 2. The fraction of sp³-hybridized carbons (Fsp3) is 0.391. The van der Waals surface area contributed by atoms with Crippen molar-refractivity contribution in [3.8, 4) is 11.1 Å². The summed E-state index contributed by atoms with van der Waals surface area (Å²) < 4.78 is 5.47. The van der Waals surface area contributed by atoms with E-state index in [2.05, 4.69) is 36.5 Å². The zero-order valence-corrected chi connectivity index (χ0v) is 16.0.